The van der Waals surface area contributed by atoms with E-state index in [9.17, 15) is 0 Å². The van der Waals surface area contributed by atoms with Gasteiger partial charge in [-0.3, -0.25) is 0 Å². The lowest BCUT2D eigenvalue weighted by molar-refractivity contribution is 0.225. The number of aryl methyl sites for hydroxylation is 1. The molecule has 1 unspecified atom stereocenters. The van der Waals surface area contributed by atoms with Gasteiger partial charge < -0.3 is 10.2 Å². The van der Waals surface area contributed by atoms with Crippen molar-refractivity contribution in [1.82, 2.24) is 10.2 Å². The Morgan fingerprint density at radius 3 is 3.00 bits per heavy atom. The van der Waals surface area contributed by atoms with Crippen LogP contribution in [-0.2, 0) is 6.42 Å². The molecule has 0 radical (unpaired) electrons. The van der Waals surface area contributed by atoms with Crippen LogP contribution in [0.5, 0.6) is 0 Å². The van der Waals surface area contributed by atoms with Crippen LogP contribution in [0.2, 0.25) is 0 Å². The average Bonchev–Trinajstić information content (AvgIpc) is 2.89. The molecule has 1 atom stereocenters. The van der Waals surface area contributed by atoms with E-state index >= 15 is 0 Å². The summed E-state index contributed by atoms with van der Waals surface area (Å²) in [7, 11) is 0. The van der Waals surface area contributed by atoms with Crippen LogP contribution in [0.4, 0.5) is 0 Å². The van der Waals surface area contributed by atoms with E-state index in [0.29, 0.717) is 6.04 Å². The van der Waals surface area contributed by atoms with E-state index in [4.69, 9.17) is 0 Å². The Morgan fingerprint density at radius 1 is 1.22 bits per heavy atom. The van der Waals surface area contributed by atoms with Crippen molar-refractivity contribution in [2.24, 2.45) is 0 Å². The second kappa shape index (κ2) is 6.18. The van der Waals surface area contributed by atoms with Crippen molar-refractivity contribution >= 4 is 11.3 Å². The number of thiophene rings is 1. The molecule has 2 nitrogen and oxygen atoms in total. The Kier molecular flexibility index (Phi) is 4.34. The van der Waals surface area contributed by atoms with Crippen molar-refractivity contribution in [1.29, 1.82) is 0 Å². The summed E-state index contributed by atoms with van der Waals surface area (Å²) in [5.41, 5.74) is 1.59. The highest BCUT2D eigenvalue weighted by atomic mass is 32.1. The summed E-state index contributed by atoms with van der Waals surface area (Å²) in [6, 6.07) is 2.96. The van der Waals surface area contributed by atoms with Gasteiger partial charge in [0.2, 0.25) is 0 Å². The lowest BCUT2D eigenvalue weighted by atomic mass is 9.94. The zero-order valence-electron chi connectivity index (χ0n) is 11.2. The molecule has 1 aromatic heterocycles. The fourth-order valence-corrected chi connectivity index (χ4v) is 4.27. The number of piperidine rings is 1. The van der Waals surface area contributed by atoms with E-state index in [1.807, 2.05) is 11.3 Å². The second-order valence-corrected chi connectivity index (χ2v) is 6.60. The van der Waals surface area contributed by atoms with Crippen LogP contribution in [-0.4, -0.2) is 31.1 Å². The molecule has 1 aliphatic heterocycles. The molecular weight excluding hydrogens is 240 g/mol. The minimum absolute atomic E-state index is 0.629. The second-order valence-electron chi connectivity index (χ2n) is 5.60. The maximum atomic E-state index is 3.78. The van der Waals surface area contributed by atoms with Gasteiger partial charge in [0.25, 0.3) is 0 Å². The molecule has 1 aromatic rings. The van der Waals surface area contributed by atoms with Crippen molar-refractivity contribution < 1.29 is 0 Å². The zero-order valence-corrected chi connectivity index (χ0v) is 12.0. The van der Waals surface area contributed by atoms with Crippen molar-refractivity contribution in [2.75, 3.05) is 26.2 Å². The summed E-state index contributed by atoms with van der Waals surface area (Å²) >= 11 is 1.94. The Labute approximate surface area is 114 Å². The van der Waals surface area contributed by atoms with E-state index < -0.39 is 0 Å². The standard InChI is InChI=1S/C15H24N2S/c1-2-9-17(10-3-1)11-8-16-14-5-4-6-15-13(14)7-12-18-15/h7,12,14,16H,1-6,8-11H2. The molecule has 0 aromatic carbocycles. The fraction of sp³-hybridized carbons (Fsp3) is 0.733. The first-order chi connectivity index (χ1) is 8.93. The predicted octanol–water partition coefficient (Wildman–Crippen LogP) is 3.20. The third kappa shape index (κ3) is 2.95. The lowest BCUT2D eigenvalue weighted by Crippen LogP contribution is -2.37. The van der Waals surface area contributed by atoms with Gasteiger partial charge >= 0.3 is 0 Å². The predicted molar refractivity (Wildman–Crippen MR) is 78.3 cm³/mol. The van der Waals surface area contributed by atoms with Gasteiger partial charge in [-0.1, -0.05) is 6.42 Å². The zero-order chi connectivity index (χ0) is 12.2. The van der Waals surface area contributed by atoms with E-state index in [1.165, 1.54) is 58.2 Å². The summed E-state index contributed by atoms with van der Waals surface area (Å²) < 4.78 is 0. The Bertz CT molecular complexity index is 368. The van der Waals surface area contributed by atoms with Crippen molar-refractivity contribution in [3.8, 4) is 0 Å². The molecular formula is C15H24N2S. The monoisotopic (exact) mass is 264 g/mol. The number of nitrogens with zero attached hydrogens (tertiary/aromatic N) is 1. The first-order valence-electron chi connectivity index (χ1n) is 7.45. The Morgan fingerprint density at radius 2 is 2.11 bits per heavy atom. The lowest BCUT2D eigenvalue weighted by Gasteiger charge is -2.28. The SMILES string of the molecule is c1cc2c(s1)CCCC2NCCN1CCCCC1. The topological polar surface area (TPSA) is 15.3 Å². The van der Waals surface area contributed by atoms with Crippen LogP contribution in [0.1, 0.15) is 48.6 Å². The summed E-state index contributed by atoms with van der Waals surface area (Å²) in [4.78, 5) is 4.24. The van der Waals surface area contributed by atoms with Crippen LogP contribution < -0.4 is 5.32 Å². The number of fused-ring (bicyclic) bond motifs is 1. The van der Waals surface area contributed by atoms with Gasteiger partial charge in [-0.25, -0.2) is 0 Å². The smallest absolute Gasteiger partial charge is 0.0331 e. The highest BCUT2D eigenvalue weighted by Gasteiger charge is 2.20. The van der Waals surface area contributed by atoms with Crippen LogP contribution in [0.15, 0.2) is 11.4 Å². The average molecular weight is 264 g/mol. The number of likely N-dealkylation sites (tertiary alicyclic amines) is 1. The van der Waals surface area contributed by atoms with Gasteiger partial charge in [0.05, 0.1) is 0 Å². The van der Waals surface area contributed by atoms with Gasteiger partial charge in [0.15, 0.2) is 0 Å². The molecule has 1 fully saturated rings. The van der Waals surface area contributed by atoms with Crippen molar-refractivity contribution in [3.63, 3.8) is 0 Å². The number of hydrogen-bond donors (Lipinski definition) is 1. The molecule has 3 heteroatoms. The molecule has 1 aliphatic carbocycles. The quantitative estimate of drug-likeness (QED) is 0.898. The van der Waals surface area contributed by atoms with Crippen molar-refractivity contribution in [2.45, 2.75) is 44.6 Å². The third-order valence-electron chi connectivity index (χ3n) is 4.32. The molecule has 0 saturated carbocycles. The largest absolute Gasteiger partial charge is 0.309 e. The first-order valence-corrected chi connectivity index (χ1v) is 8.33. The molecule has 2 aliphatic rings. The third-order valence-corrected chi connectivity index (χ3v) is 5.32. The highest BCUT2D eigenvalue weighted by Crippen LogP contribution is 2.33. The Hall–Kier alpha value is -0.380. The van der Waals surface area contributed by atoms with Gasteiger partial charge in [-0.2, -0.15) is 0 Å². The highest BCUT2D eigenvalue weighted by molar-refractivity contribution is 7.10. The summed E-state index contributed by atoms with van der Waals surface area (Å²) in [6.45, 7) is 5.02. The molecule has 1 N–H and O–H groups in total. The van der Waals surface area contributed by atoms with Gasteiger partial charge in [0.1, 0.15) is 0 Å². The maximum Gasteiger partial charge on any atom is 0.0331 e. The minimum atomic E-state index is 0.629. The number of nitrogens with one attached hydrogen (secondary N) is 1. The molecule has 3 rings (SSSR count). The molecule has 0 bridgehead atoms. The normalized spacial score (nSPS) is 25.0. The van der Waals surface area contributed by atoms with E-state index in [-0.39, 0.29) is 0 Å². The summed E-state index contributed by atoms with van der Waals surface area (Å²) in [5.74, 6) is 0. The van der Waals surface area contributed by atoms with Crippen LogP contribution in [0, 0.1) is 0 Å². The van der Waals surface area contributed by atoms with Gasteiger partial charge in [0, 0.05) is 24.0 Å². The maximum absolute atomic E-state index is 3.78. The van der Waals surface area contributed by atoms with Crippen LogP contribution in [0.25, 0.3) is 0 Å². The molecule has 0 spiro atoms. The summed E-state index contributed by atoms with van der Waals surface area (Å²) in [6.07, 6.45) is 8.22. The minimum Gasteiger partial charge on any atom is -0.309 e. The molecule has 100 valence electrons. The van der Waals surface area contributed by atoms with E-state index in [2.05, 4.69) is 21.7 Å². The fourth-order valence-electron chi connectivity index (χ4n) is 3.28. The van der Waals surface area contributed by atoms with Crippen molar-refractivity contribution in [3.05, 3.63) is 21.9 Å². The van der Waals surface area contributed by atoms with Gasteiger partial charge in [-0.15, -0.1) is 11.3 Å². The molecule has 18 heavy (non-hydrogen) atoms. The molecule has 1 saturated heterocycles. The summed E-state index contributed by atoms with van der Waals surface area (Å²) in [5, 5.41) is 6.04. The molecule has 0 amide bonds. The van der Waals surface area contributed by atoms with Crippen LogP contribution in [0.3, 0.4) is 0 Å². The van der Waals surface area contributed by atoms with E-state index in [1.54, 1.807) is 10.4 Å². The van der Waals surface area contributed by atoms with E-state index in [0.717, 1.165) is 6.54 Å². The number of hydrogen-bond acceptors (Lipinski definition) is 3. The first kappa shape index (κ1) is 12.6. The Balaban J connectivity index is 1.46. The van der Waals surface area contributed by atoms with Gasteiger partial charge in [-0.05, 0) is 62.2 Å². The number of rotatable bonds is 4. The van der Waals surface area contributed by atoms with Crippen LogP contribution >= 0.6 is 11.3 Å². The molecule has 2 heterocycles.